The number of pyridine rings is 1. The first kappa shape index (κ1) is 11.5. The maximum Gasteiger partial charge on any atom is 0.146 e. The van der Waals surface area contributed by atoms with Gasteiger partial charge in [-0.3, -0.25) is 0 Å². The summed E-state index contributed by atoms with van der Waals surface area (Å²) in [4.78, 5) is 4.08. The lowest BCUT2D eigenvalue weighted by atomic mass is 9.95. The Morgan fingerprint density at radius 2 is 2.12 bits per heavy atom. The number of aromatic nitrogens is 1. The summed E-state index contributed by atoms with van der Waals surface area (Å²) >= 11 is 5.82. The standard InChI is InChI=1S/C12H17ClN2O/c1-16-11-7-12(13)14-8-10(11)15-9-5-3-2-4-6-9/h7-9,15H,2-6H2,1H3. The van der Waals surface area contributed by atoms with Crippen LogP contribution in [0, 0.1) is 0 Å². The Bertz CT molecular complexity index is 351. The Labute approximate surface area is 101 Å². The minimum Gasteiger partial charge on any atom is -0.494 e. The zero-order valence-corrected chi connectivity index (χ0v) is 10.3. The zero-order chi connectivity index (χ0) is 11.4. The van der Waals surface area contributed by atoms with Gasteiger partial charge in [0.25, 0.3) is 0 Å². The molecule has 0 spiro atoms. The topological polar surface area (TPSA) is 34.1 Å². The van der Waals surface area contributed by atoms with E-state index in [0.29, 0.717) is 11.2 Å². The van der Waals surface area contributed by atoms with Crippen LogP contribution in [-0.2, 0) is 0 Å². The van der Waals surface area contributed by atoms with Crippen LogP contribution in [0.25, 0.3) is 0 Å². The number of nitrogens with one attached hydrogen (secondary N) is 1. The number of anilines is 1. The molecule has 0 saturated heterocycles. The van der Waals surface area contributed by atoms with Crippen LogP contribution in [0.5, 0.6) is 5.75 Å². The Morgan fingerprint density at radius 1 is 1.38 bits per heavy atom. The molecule has 1 aromatic rings. The van der Waals surface area contributed by atoms with E-state index < -0.39 is 0 Å². The second-order valence-electron chi connectivity index (χ2n) is 4.19. The normalized spacial score (nSPS) is 17.1. The van der Waals surface area contributed by atoms with Gasteiger partial charge < -0.3 is 10.1 Å². The molecule has 0 bridgehead atoms. The number of ether oxygens (including phenoxy) is 1. The minimum absolute atomic E-state index is 0.464. The predicted octanol–water partition coefficient (Wildman–Crippen LogP) is 3.49. The van der Waals surface area contributed by atoms with Crippen molar-refractivity contribution in [1.29, 1.82) is 0 Å². The van der Waals surface area contributed by atoms with Crippen LogP contribution in [0.1, 0.15) is 32.1 Å². The van der Waals surface area contributed by atoms with Crippen LogP contribution < -0.4 is 10.1 Å². The van der Waals surface area contributed by atoms with Crippen LogP contribution in [-0.4, -0.2) is 18.1 Å². The molecule has 3 nitrogen and oxygen atoms in total. The van der Waals surface area contributed by atoms with Gasteiger partial charge in [-0.15, -0.1) is 0 Å². The van der Waals surface area contributed by atoms with E-state index >= 15 is 0 Å². The van der Waals surface area contributed by atoms with Crippen molar-refractivity contribution in [2.75, 3.05) is 12.4 Å². The maximum absolute atomic E-state index is 5.82. The number of rotatable bonds is 3. The van der Waals surface area contributed by atoms with Crippen molar-refractivity contribution >= 4 is 17.3 Å². The fourth-order valence-electron chi connectivity index (χ4n) is 2.16. The van der Waals surface area contributed by atoms with E-state index in [0.717, 1.165) is 11.4 Å². The second kappa shape index (κ2) is 5.39. The van der Waals surface area contributed by atoms with Crippen LogP contribution >= 0.6 is 11.6 Å². The Kier molecular flexibility index (Phi) is 3.88. The summed E-state index contributed by atoms with van der Waals surface area (Å²) in [6, 6.07) is 2.29. The molecule has 1 saturated carbocycles. The molecular formula is C12H17ClN2O. The zero-order valence-electron chi connectivity index (χ0n) is 9.50. The van der Waals surface area contributed by atoms with Crippen LogP contribution in [0.3, 0.4) is 0 Å². The first-order chi connectivity index (χ1) is 7.79. The summed E-state index contributed by atoms with van der Waals surface area (Å²) in [6.07, 6.45) is 8.17. The Morgan fingerprint density at radius 3 is 2.81 bits per heavy atom. The Balaban J connectivity index is 2.07. The smallest absolute Gasteiger partial charge is 0.146 e. The number of methoxy groups -OCH3 is 1. The molecular weight excluding hydrogens is 224 g/mol. The molecule has 4 heteroatoms. The van der Waals surface area contributed by atoms with Gasteiger partial charge in [0.05, 0.1) is 19.0 Å². The average Bonchev–Trinajstić information content (AvgIpc) is 2.33. The van der Waals surface area contributed by atoms with E-state index in [4.69, 9.17) is 16.3 Å². The van der Waals surface area contributed by atoms with Crippen molar-refractivity contribution in [1.82, 2.24) is 4.98 Å². The monoisotopic (exact) mass is 240 g/mol. The maximum atomic E-state index is 5.82. The highest BCUT2D eigenvalue weighted by atomic mass is 35.5. The summed E-state index contributed by atoms with van der Waals surface area (Å²) in [6.45, 7) is 0. The van der Waals surface area contributed by atoms with Crippen LogP contribution in [0.15, 0.2) is 12.3 Å². The second-order valence-corrected chi connectivity index (χ2v) is 4.57. The van der Waals surface area contributed by atoms with Crippen molar-refractivity contribution in [3.63, 3.8) is 0 Å². The lowest BCUT2D eigenvalue weighted by Crippen LogP contribution is -2.22. The first-order valence-corrected chi connectivity index (χ1v) is 6.13. The lowest BCUT2D eigenvalue weighted by Gasteiger charge is -2.24. The molecule has 0 unspecified atom stereocenters. The van der Waals surface area contributed by atoms with E-state index in [1.807, 2.05) is 0 Å². The fraction of sp³-hybridized carbons (Fsp3) is 0.583. The molecule has 0 radical (unpaired) electrons. The predicted molar refractivity (Wildman–Crippen MR) is 66.3 cm³/mol. The summed E-state index contributed by atoms with van der Waals surface area (Å²) in [5.41, 5.74) is 0.943. The molecule has 1 aliphatic rings. The number of halogens is 1. The van der Waals surface area contributed by atoms with Gasteiger partial charge in [0.2, 0.25) is 0 Å². The van der Waals surface area contributed by atoms with E-state index in [1.165, 1.54) is 32.1 Å². The van der Waals surface area contributed by atoms with Gasteiger partial charge in [0, 0.05) is 12.1 Å². The molecule has 1 aliphatic carbocycles. The van der Waals surface area contributed by atoms with E-state index in [-0.39, 0.29) is 0 Å². The average molecular weight is 241 g/mol. The summed E-state index contributed by atoms with van der Waals surface area (Å²) in [5.74, 6) is 0.769. The molecule has 0 aliphatic heterocycles. The third-order valence-electron chi connectivity index (χ3n) is 3.02. The first-order valence-electron chi connectivity index (χ1n) is 5.75. The summed E-state index contributed by atoms with van der Waals surface area (Å²) in [7, 11) is 1.65. The molecule has 0 aromatic carbocycles. The molecule has 1 aromatic heterocycles. The fourth-order valence-corrected chi connectivity index (χ4v) is 2.31. The molecule has 16 heavy (non-hydrogen) atoms. The highest BCUT2D eigenvalue weighted by Gasteiger charge is 2.15. The van der Waals surface area contributed by atoms with E-state index in [1.54, 1.807) is 19.4 Å². The van der Waals surface area contributed by atoms with Gasteiger partial charge in [-0.05, 0) is 12.8 Å². The summed E-state index contributed by atoms with van der Waals surface area (Å²) in [5, 5.41) is 3.95. The molecule has 1 heterocycles. The van der Waals surface area contributed by atoms with Crippen molar-refractivity contribution in [2.24, 2.45) is 0 Å². The van der Waals surface area contributed by atoms with Crippen LogP contribution in [0.2, 0.25) is 5.15 Å². The van der Waals surface area contributed by atoms with Crippen molar-refractivity contribution in [2.45, 2.75) is 38.1 Å². The number of hydrogen-bond acceptors (Lipinski definition) is 3. The van der Waals surface area contributed by atoms with Gasteiger partial charge in [-0.1, -0.05) is 30.9 Å². The van der Waals surface area contributed by atoms with Crippen molar-refractivity contribution in [3.05, 3.63) is 17.4 Å². The van der Waals surface area contributed by atoms with E-state index in [9.17, 15) is 0 Å². The number of hydrogen-bond donors (Lipinski definition) is 1. The lowest BCUT2D eigenvalue weighted by molar-refractivity contribution is 0.412. The molecule has 0 amide bonds. The third kappa shape index (κ3) is 2.79. The molecule has 1 fully saturated rings. The molecule has 0 atom stereocenters. The summed E-state index contributed by atoms with van der Waals surface area (Å²) < 4.78 is 5.28. The van der Waals surface area contributed by atoms with Gasteiger partial charge in [0.1, 0.15) is 10.9 Å². The SMILES string of the molecule is COc1cc(Cl)ncc1NC1CCCCC1. The minimum atomic E-state index is 0.464. The van der Waals surface area contributed by atoms with Gasteiger partial charge in [-0.25, -0.2) is 4.98 Å². The third-order valence-corrected chi connectivity index (χ3v) is 3.22. The largest absolute Gasteiger partial charge is 0.494 e. The molecule has 1 N–H and O–H groups in total. The molecule has 88 valence electrons. The van der Waals surface area contributed by atoms with Crippen LogP contribution in [0.4, 0.5) is 5.69 Å². The van der Waals surface area contributed by atoms with Gasteiger partial charge >= 0.3 is 0 Å². The van der Waals surface area contributed by atoms with Gasteiger partial charge in [-0.2, -0.15) is 0 Å². The highest BCUT2D eigenvalue weighted by molar-refractivity contribution is 6.29. The van der Waals surface area contributed by atoms with E-state index in [2.05, 4.69) is 10.3 Å². The number of nitrogens with zero attached hydrogens (tertiary/aromatic N) is 1. The molecule has 2 rings (SSSR count). The quantitative estimate of drug-likeness (QED) is 0.822. The van der Waals surface area contributed by atoms with Crippen molar-refractivity contribution < 1.29 is 4.74 Å². The van der Waals surface area contributed by atoms with Gasteiger partial charge in [0.15, 0.2) is 0 Å². The van der Waals surface area contributed by atoms with Crippen molar-refractivity contribution in [3.8, 4) is 5.75 Å². The highest BCUT2D eigenvalue weighted by Crippen LogP contribution is 2.29. The Hall–Kier alpha value is -0.960.